The molecule has 1 aliphatic rings. The molecule has 9 heteroatoms. The summed E-state index contributed by atoms with van der Waals surface area (Å²) < 4.78 is 0. The van der Waals surface area contributed by atoms with Gasteiger partial charge in [0.1, 0.15) is 6.04 Å². The average molecular weight is 400 g/mol. The second-order valence-electron chi connectivity index (χ2n) is 7.85. The number of aliphatic hydroxyl groups is 1. The number of Topliss-reactive ketones (excluding diaryl/α,β-unsaturated/α-hetero) is 1. The Morgan fingerprint density at radius 2 is 1.89 bits per heavy atom. The summed E-state index contributed by atoms with van der Waals surface area (Å²) in [6.45, 7) is 9.39. The number of piperidine rings is 1. The maximum Gasteiger partial charge on any atom is 0.245 e. The molecule has 0 aliphatic carbocycles. The normalized spacial score (nSPS) is 23.0. The van der Waals surface area contributed by atoms with Gasteiger partial charge in [-0.3, -0.25) is 14.4 Å². The van der Waals surface area contributed by atoms with Gasteiger partial charge in [0, 0.05) is 25.6 Å². The lowest BCUT2D eigenvalue weighted by Gasteiger charge is -2.34. The predicted molar refractivity (Wildman–Crippen MR) is 108 cm³/mol. The molecule has 0 bridgehead atoms. The van der Waals surface area contributed by atoms with Gasteiger partial charge in [-0.25, -0.2) is 0 Å². The highest BCUT2D eigenvalue weighted by molar-refractivity contribution is 5.93. The zero-order valence-corrected chi connectivity index (χ0v) is 17.5. The van der Waals surface area contributed by atoms with E-state index in [4.69, 9.17) is 5.73 Å². The monoisotopic (exact) mass is 399 g/mol. The fraction of sp³-hybridized carbons (Fsp3) is 0.842. The van der Waals surface area contributed by atoms with Crippen LogP contribution in [0.4, 0.5) is 0 Å². The van der Waals surface area contributed by atoms with Crippen LogP contribution >= 0.6 is 0 Å². The molecule has 0 saturated carbocycles. The van der Waals surface area contributed by atoms with E-state index in [2.05, 4.69) is 35.1 Å². The van der Waals surface area contributed by atoms with Gasteiger partial charge >= 0.3 is 0 Å². The van der Waals surface area contributed by atoms with Crippen LogP contribution in [0.3, 0.4) is 0 Å². The van der Waals surface area contributed by atoms with E-state index in [1.807, 2.05) is 0 Å². The number of nitrogens with two attached hydrogens (primary N) is 1. The van der Waals surface area contributed by atoms with Crippen LogP contribution in [-0.4, -0.2) is 73.1 Å². The van der Waals surface area contributed by atoms with Gasteiger partial charge in [-0.1, -0.05) is 20.8 Å². The summed E-state index contributed by atoms with van der Waals surface area (Å²) in [6, 6.07) is -1.98. The Hall–Kier alpha value is -1.55. The first-order valence-electron chi connectivity index (χ1n) is 10.2. The highest BCUT2D eigenvalue weighted by Crippen LogP contribution is 2.13. The second-order valence-corrected chi connectivity index (χ2v) is 7.85. The van der Waals surface area contributed by atoms with Crippen LogP contribution in [0.1, 0.15) is 40.5 Å². The Kier molecular flexibility index (Phi) is 10.6. The molecule has 162 valence electrons. The summed E-state index contributed by atoms with van der Waals surface area (Å²) in [5, 5.41) is 21.9. The number of aliphatic hydroxyl groups excluding tert-OH is 1. The van der Waals surface area contributed by atoms with Crippen LogP contribution in [-0.2, 0) is 14.4 Å². The summed E-state index contributed by atoms with van der Waals surface area (Å²) >= 11 is 0. The van der Waals surface area contributed by atoms with Crippen LogP contribution in [0, 0.1) is 11.8 Å². The summed E-state index contributed by atoms with van der Waals surface area (Å²) in [6.07, 6.45) is -0.0702. The molecular formula is C19H37N5O4. The molecule has 0 aromatic carbocycles. The zero-order chi connectivity index (χ0) is 21.3. The molecule has 7 N–H and O–H groups in total. The van der Waals surface area contributed by atoms with Crippen molar-refractivity contribution in [1.82, 2.24) is 21.3 Å². The molecule has 2 unspecified atom stereocenters. The first-order valence-corrected chi connectivity index (χ1v) is 10.2. The van der Waals surface area contributed by atoms with E-state index in [1.165, 1.54) is 6.92 Å². The average Bonchev–Trinajstić information content (AvgIpc) is 2.67. The molecule has 1 heterocycles. The van der Waals surface area contributed by atoms with Crippen molar-refractivity contribution < 1.29 is 19.5 Å². The van der Waals surface area contributed by atoms with Gasteiger partial charge in [-0.05, 0) is 32.4 Å². The van der Waals surface area contributed by atoms with Crippen molar-refractivity contribution in [2.24, 2.45) is 17.6 Å². The highest BCUT2D eigenvalue weighted by Gasteiger charge is 2.35. The van der Waals surface area contributed by atoms with Gasteiger partial charge in [0.2, 0.25) is 11.8 Å². The first-order chi connectivity index (χ1) is 13.2. The van der Waals surface area contributed by atoms with E-state index in [0.29, 0.717) is 12.5 Å². The van der Waals surface area contributed by atoms with Crippen molar-refractivity contribution in [2.75, 3.05) is 26.2 Å². The molecule has 0 aromatic heterocycles. The van der Waals surface area contributed by atoms with Crippen LogP contribution in [0.15, 0.2) is 0 Å². The molecule has 0 radical (unpaired) electrons. The maximum absolute atomic E-state index is 12.8. The molecule has 1 saturated heterocycles. The second kappa shape index (κ2) is 12.1. The number of hydrogen-bond acceptors (Lipinski definition) is 7. The van der Waals surface area contributed by atoms with Gasteiger partial charge in [-0.15, -0.1) is 0 Å². The third-order valence-electron chi connectivity index (χ3n) is 4.96. The largest absolute Gasteiger partial charge is 0.391 e. The number of hydrogen-bond donors (Lipinski definition) is 6. The zero-order valence-electron chi connectivity index (χ0n) is 17.5. The summed E-state index contributed by atoms with van der Waals surface area (Å²) in [5.41, 5.74) is 5.57. The van der Waals surface area contributed by atoms with Crippen molar-refractivity contribution >= 4 is 17.6 Å². The minimum absolute atomic E-state index is 0.000167. The minimum Gasteiger partial charge on any atom is -0.391 e. The SMILES string of the molecule is CCC(=O)[C@H](CN)NC(=O)[C@@H](NC(=O)C1CNCCC1NCC(C)C)[C@H](C)O. The van der Waals surface area contributed by atoms with Crippen molar-refractivity contribution in [2.45, 2.75) is 64.8 Å². The number of rotatable bonds is 11. The Morgan fingerprint density at radius 1 is 1.21 bits per heavy atom. The number of ketones is 1. The van der Waals surface area contributed by atoms with E-state index in [-0.39, 0.29) is 36.6 Å². The number of carbonyl (C=O) groups excluding carboxylic acids is 3. The van der Waals surface area contributed by atoms with Crippen LogP contribution in [0.5, 0.6) is 0 Å². The van der Waals surface area contributed by atoms with E-state index in [9.17, 15) is 19.5 Å². The predicted octanol–water partition coefficient (Wildman–Crippen LogP) is -1.50. The Morgan fingerprint density at radius 3 is 2.43 bits per heavy atom. The smallest absolute Gasteiger partial charge is 0.245 e. The molecule has 1 aliphatic heterocycles. The number of amides is 2. The molecule has 5 atom stereocenters. The van der Waals surface area contributed by atoms with Crippen molar-refractivity contribution in [3.05, 3.63) is 0 Å². The lowest BCUT2D eigenvalue weighted by atomic mass is 9.91. The Bertz CT molecular complexity index is 526. The van der Waals surface area contributed by atoms with Gasteiger partial charge < -0.3 is 32.1 Å². The molecule has 0 spiro atoms. The van der Waals surface area contributed by atoms with E-state index >= 15 is 0 Å². The van der Waals surface area contributed by atoms with Crippen LogP contribution in [0.25, 0.3) is 0 Å². The molecule has 1 rings (SSSR count). The van der Waals surface area contributed by atoms with Gasteiger partial charge in [0.15, 0.2) is 5.78 Å². The molecule has 0 aromatic rings. The summed E-state index contributed by atoms with van der Waals surface area (Å²) in [5.74, 6) is -1.01. The number of nitrogens with one attached hydrogen (secondary N) is 4. The maximum atomic E-state index is 12.8. The van der Waals surface area contributed by atoms with E-state index in [0.717, 1.165) is 19.5 Å². The lowest BCUT2D eigenvalue weighted by Crippen LogP contribution is -2.60. The third kappa shape index (κ3) is 7.46. The van der Waals surface area contributed by atoms with Crippen LogP contribution in [0.2, 0.25) is 0 Å². The number of carbonyl (C=O) groups is 3. The molecule has 2 amide bonds. The van der Waals surface area contributed by atoms with Gasteiger partial charge in [-0.2, -0.15) is 0 Å². The summed E-state index contributed by atoms with van der Waals surface area (Å²) in [4.78, 5) is 37.3. The molecular weight excluding hydrogens is 362 g/mol. The lowest BCUT2D eigenvalue weighted by molar-refractivity contribution is -0.135. The molecule has 1 fully saturated rings. The summed E-state index contributed by atoms with van der Waals surface area (Å²) in [7, 11) is 0. The Balaban J connectivity index is 2.79. The topological polar surface area (TPSA) is 146 Å². The minimum atomic E-state index is -1.15. The van der Waals surface area contributed by atoms with Crippen molar-refractivity contribution in [3.63, 3.8) is 0 Å². The fourth-order valence-electron chi connectivity index (χ4n) is 3.21. The van der Waals surface area contributed by atoms with E-state index < -0.39 is 24.1 Å². The fourth-order valence-corrected chi connectivity index (χ4v) is 3.21. The van der Waals surface area contributed by atoms with Gasteiger partial charge in [0.05, 0.1) is 18.1 Å². The van der Waals surface area contributed by atoms with Gasteiger partial charge in [0.25, 0.3) is 0 Å². The highest BCUT2D eigenvalue weighted by atomic mass is 16.3. The quantitative estimate of drug-likeness (QED) is 0.248. The van der Waals surface area contributed by atoms with Crippen molar-refractivity contribution in [3.8, 4) is 0 Å². The standard InChI is InChI=1S/C19H37N5O4/c1-5-16(26)15(8-20)23-19(28)17(12(4)25)24-18(27)13-10-21-7-6-14(13)22-9-11(2)3/h11-15,17,21-22,25H,5-10,20H2,1-4H3,(H,23,28)(H,24,27)/t12-,13?,14?,15-,17-/m0/s1. The third-order valence-corrected chi connectivity index (χ3v) is 4.96. The molecule has 28 heavy (non-hydrogen) atoms. The first kappa shape index (κ1) is 24.5. The van der Waals surface area contributed by atoms with Crippen molar-refractivity contribution in [1.29, 1.82) is 0 Å². The molecule has 9 nitrogen and oxygen atoms in total. The van der Waals surface area contributed by atoms with E-state index in [1.54, 1.807) is 6.92 Å². The van der Waals surface area contributed by atoms with Crippen LogP contribution < -0.4 is 27.0 Å². The Labute approximate surface area is 167 Å².